The number of carbonyl (C=O) groups excluding carboxylic acids is 2. The standard InChI is InChI=1S/C18H36NO8P/c1-3-5-6-7-8-9-11-18(21)27-16(14-24-17(20)10-4-2)15-26-28(22,23)25-13-12-19/h16H,3-15,19H2,1-2H3,(H,22,23). The molecule has 0 amide bonds. The second-order valence-electron chi connectivity index (χ2n) is 6.45. The van der Waals surface area contributed by atoms with Crippen LogP contribution in [-0.4, -0.2) is 49.3 Å². The molecule has 0 radical (unpaired) electrons. The number of hydrogen-bond donors (Lipinski definition) is 2. The zero-order valence-corrected chi connectivity index (χ0v) is 18.0. The lowest BCUT2D eigenvalue weighted by Gasteiger charge is -2.19. The molecule has 0 bridgehead atoms. The lowest BCUT2D eigenvalue weighted by molar-refractivity contribution is -0.161. The van der Waals surface area contributed by atoms with E-state index in [0.29, 0.717) is 12.8 Å². The van der Waals surface area contributed by atoms with Gasteiger partial charge in [-0.1, -0.05) is 46.0 Å². The summed E-state index contributed by atoms with van der Waals surface area (Å²) in [5, 5.41) is 0. The van der Waals surface area contributed by atoms with Crippen molar-refractivity contribution in [3.8, 4) is 0 Å². The van der Waals surface area contributed by atoms with Crippen LogP contribution in [0.5, 0.6) is 0 Å². The van der Waals surface area contributed by atoms with Gasteiger partial charge in [0.15, 0.2) is 6.10 Å². The van der Waals surface area contributed by atoms with Crippen LogP contribution >= 0.6 is 7.82 Å². The zero-order valence-electron chi connectivity index (χ0n) is 17.1. The molecule has 9 nitrogen and oxygen atoms in total. The molecule has 2 unspecified atom stereocenters. The first-order valence-corrected chi connectivity index (χ1v) is 11.5. The number of rotatable bonds is 18. The third-order valence-corrected chi connectivity index (χ3v) is 4.70. The van der Waals surface area contributed by atoms with E-state index in [0.717, 1.165) is 25.7 Å². The molecular formula is C18H36NO8P. The molecule has 0 saturated carbocycles. The number of esters is 2. The van der Waals surface area contributed by atoms with Crippen molar-refractivity contribution in [2.45, 2.75) is 77.7 Å². The van der Waals surface area contributed by atoms with E-state index in [4.69, 9.17) is 19.7 Å². The number of phosphoric acid groups is 1. The molecule has 0 saturated heterocycles. The molecule has 0 aromatic carbocycles. The normalized spacial score (nSPS) is 14.3. The highest BCUT2D eigenvalue weighted by Gasteiger charge is 2.25. The number of hydrogen-bond acceptors (Lipinski definition) is 8. The van der Waals surface area contributed by atoms with E-state index in [1.54, 1.807) is 0 Å². The molecule has 0 aromatic heterocycles. The van der Waals surface area contributed by atoms with Gasteiger partial charge in [-0.25, -0.2) is 4.57 Å². The van der Waals surface area contributed by atoms with Gasteiger partial charge in [-0.2, -0.15) is 0 Å². The van der Waals surface area contributed by atoms with Crippen LogP contribution in [0.2, 0.25) is 0 Å². The van der Waals surface area contributed by atoms with Gasteiger partial charge in [0.05, 0.1) is 13.2 Å². The maximum Gasteiger partial charge on any atom is 0.472 e. The fourth-order valence-electron chi connectivity index (χ4n) is 2.26. The van der Waals surface area contributed by atoms with Crippen molar-refractivity contribution in [1.82, 2.24) is 0 Å². The van der Waals surface area contributed by atoms with Crippen LogP contribution in [0.15, 0.2) is 0 Å². The average molecular weight is 425 g/mol. The Morgan fingerprint density at radius 2 is 1.61 bits per heavy atom. The minimum atomic E-state index is -4.32. The Bertz CT molecular complexity index is 475. The van der Waals surface area contributed by atoms with Crippen LogP contribution in [0, 0.1) is 0 Å². The first-order chi connectivity index (χ1) is 13.3. The summed E-state index contributed by atoms with van der Waals surface area (Å²) >= 11 is 0. The van der Waals surface area contributed by atoms with Crippen molar-refractivity contribution in [2.75, 3.05) is 26.4 Å². The fraction of sp³-hybridized carbons (Fsp3) is 0.889. The van der Waals surface area contributed by atoms with Crippen molar-refractivity contribution >= 4 is 19.8 Å². The SMILES string of the molecule is CCCCCCCCC(=O)OC(COC(=O)CCC)COP(=O)(O)OCCN. The monoisotopic (exact) mass is 425 g/mol. The van der Waals surface area contributed by atoms with E-state index >= 15 is 0 Å². The topological polar surface area (TPSA) is 134 Å². The maximum atomic E-state index is 12.0. The molecule has 28 heavy (non-hydrogen) atoms. The van der Waals surface area contributed by atoms with Gasteiger partial charge in [-0.05, 0) is 12.8 Å². The van der Waals surface area contributed by atoms with Gasteiger partial charge >= 0.3 is 19.8 Å². The van der Waals surface area contributed by atoms with Crippen LogP contribution in [0.1, 0.15) is 71.6 Å². The summed E-state index contributed by atoms with van der Waals surface area (Å²) in [6.07, 6.45) is 6.27. The first kappa shape index (κ1) is 27.0. The van der Waals surface area contributed by atoms with Crippen LogP contribution in [0.4, 0.5) is 0 Å². The largest absolute Gasteiger partial charge is 0.472 e. The Morgan fingerprint density at radius 3 is 2.25 bits per heavy atom. The molecule has 3 N–H and O–H groups in total. The summed E-state index contributed by atoms with van der Waals surface area (Å²) in [5.41, 5.74) is 5.21. The summed E-state index contributed by atoms with van der Waals surface area (Å²) in [4.78, 5) is 33.1. The molecule has 0 aliphatic carbocycles. The number of nitrogens with two attached hydrogens (primary N) is 1. The molecular weight excluding hydrogens is 389 g/mol. The van der Waals surface area contributed by atoms with Gasteiger partial charge in [0.25, 0.3) is 0 Å². The smallest absolute Gasteiger partial charge is 0.462 e. The van der Waals surface area contributed by atoms with E-state index in [1.807, 2.05) is 6.92 Å². The Balaban J connectivity index is 4.43. The molecule has 0 aromatic rings. The molecule has 2 atom stereocenters. The third-order valence-electron chi connectivity index (χ3n) is 3.71. The highest BCUT2D eigenvalue weighted by Crippen LogP contribution is 2.43. The molecule has 0 fully saturated rings. The highest BCUT2D eigenvalue weighted by molar-refractivity contribution is 7.47. The van der Waals surface area contributed by atoms with E-state index in [-0.39, 0.29) is 32.6 Å². The van der Waals surface area contributed by atoms with Crippen LogP contribution in [0.25, 0.3) is 0 Å². The number of unbranched alkanes of at least 4 members (excludes halogenated alkanes) is 5. The summed E-state index contributed by atoms with van der Waals surface area (Å²) in [6.45, 7) is 3.19. The van der Waals surface area contributed by atoms with Gasteiger partial charge in [0, 0.05) is 19.4 Å². The minimum Gasteiger partial charge on any atom is -0.462 e. The fourth-order valence-corrected chi connectivity index (χ4v) is 3.02. The van der Waals surface area contributed by atoms with Gasteiger partial charge < -0.3 is 20.1 Å². The Hall–Kier alpha value is -0.990. The van der Waals surface area contributed by atoms with Crippen molar-refractivity contribution in [1.29, 1.82) is 0 Å². The second-order valence-corrected chi connectivity index (χ2v) is 7.90. The van der Waals surface area contributed by atoms with Crippen molar-refractivity contribution in [3.05, 3.63) is 0 Å². The summed E-state index contributed by atoms with van der Waals surface area (Å²) in [5.74, 6) is -0.905. The Labute approximate surface area is 167 Å². The van der Waals surface area contributed by atoms with Crippen LogP contribution in [-0.2, 0) is 32.7 Å². The van der Waals surface area contributed by atoms with Gasteiger partial charge in [-0.3, -0.25) is 18.6 Å². The lowest BCUT2D eigenvalue weighted by Crippen LogP contribution is -2.29. The molecule has 166 valence electrons. The van der Waals surface area contributed by atoms with Gasteiger partial charge in [-0.15, -0.1) is 0 Å². The molecule has 10 heteroatoms. The van der Waals surface area contributed by atoms with E-state index in [2.05, 4.69) is 11.4 Å². The van der Waals surface area contributed by atoms with Crippen LogP contribution in [0.3, 0.4) is 0 Å². The predicted octanol–water partition coefficient (Wildman–Crippen LogP) is 3.08. The minimum absolute atomic E-state index is 0.0548. The molecule has 0 spiro atoms. The summed E-state index contributed by atoms with van der Waals surface area (Å²) in [6, 6.07) is 0. The second kappa shape index (κ2) is 16.9. The molecule has 0 rings (SSSR count). The lowest BCUT2D eigenvalue weighted by atomic mass is 10.1. The summed E-state index contributed by atoms with van der Waals surface area (Å²) < 4.78 is 31.4. The third kappa shape index (κ3) is 16.0. The van der Waals surface area contributed by atoms with Gasteiger partial charge in [0.2, 0.25) is 0 Å². The number of phosphoric ester groups is 1. The van der Waals surface area contributed by atoms with E-state index in [1.165, 1.54) is 6.42 Å². The predicted molar refractivity (Wildman–Crippen MR) is 105 cm³/mol. The van der Waals surface area contributed by atoms with Crippen molar-refractivity contribution in [3.63, 3.8) is 0 Å². The molecule has 0 aliphatic rings. The first-order valence-electron chi connectivity index (χ1n) is 10.0. The van der Waals surface area contributed by atoms with Crippen LogP contribution < -0.4 is 5.73 Å². The zero-order chi connectivity index (χ0) is 21.3. The summed E-state index contributed by atoms with van der Waals surface area (Å²) in [7, 11) is -4.32. The number of carbonyl (C=O) groups is 2. The van der Waals surface area contributed by atoms with E-state index < -0.39 is 32.5 Å². The average Bonchev–Trinajstić information content (AvgIpc) is 2.65. The van der Waals surface area contributed by atoms with Crippen molar-refractivity contribution in [2.24, 2.45) is 5.73 Å². The van der Waals surface area contributed by atoms with Gasteiger partial charge in [0.1, 0.15) is 6.61 Å². The Morgan fingerprint density at radius 1 is 0.929 bits per heavy atom. The number of ether oxygens (including phenoxy) is 2. The highest BCUT2D eigenvalue weighted by atomic mass is 31.2. The van der Waals surface area contributed by atoms with E-state index in [9.17, 15) is 19.0 Å². The molecule has 0 aliphatic heterocycles. The quantitative estimate of drug-likeness (QED) is 0.193. The molecule has 0 heterocycles. The Kier molecular flexibility index (Phi) is 16.3. The maximum absolute atomic E-state index is 12.0. The van der Waals surface area contributed by atoms with Crippen molar-refractivity contribution < 1.29 is 37.6 Å².